The number of hydrogen-bond acceptors (Lipinski definition) is 5. The minimum Gasteiger partial charge on any atom is -0.298 e. The molecule has 2 aromatic carbocycles. The van der Waals surface area contributed by atoms with Gasteiger partial charge in [0.1, 0.15) is 0 Å². The highest BCUT2D eigenvalue weighted by atomic mass is 32.2. The maximum atomic E-state index is 12.7. The predicted molar refractivity (Wildman–Crippen MR) is 114 cm³/mol. The maximum Gasteiger partial charge on any atom is 0.257 e. The van der Waals surface area contributed by atoms with E-state index < -0.39 is 9.84 Å². The third kappa shape index (κ3) is 4.15. The van der Waals surface area contributed by atoms with E-state index in [9.17, 15) is 13.2 Å². The number of amides is 1. The minimum atomic E-state index is -3.39. The fourth-order valence-corrected chi connectivity index (χ4v) is 4.28. The third-order valence-corrected chi connectivity index (χ3v) is 6.59. The highest BCUT2D eigenvalue weighted by molar-refractivity contribution is 7.90. The zero-order valence-electron chi connectivity index (χ0n) is 16.5. The van der Waals surface area contributed by atoms with Crippen molar-refractivity contribution in [2.45, 2.75) is 32.6 Å². The molecule has 28 heavy (non-hydrogen) atoms. The molecule has 0 aliphatic carbocycles. The van der Waals surface area contributed by atoms with Gasteiger partial charge in [-0.3, -0.25) is 10.1 Å². The second kappa shape index (κ2) is 7.48. The van der Waals surface area contributed by atoms with E-state index in [-0.39, 0.29) is 10.8 Å². The van der Waals surface area contributed by atoms with Gasteiger partial charge in [0.25, 0.3) is 5.91 Å². The summed E-state index contributed by atoms with van der Waals surface area (Å²) in [5.41, 5.74) is 6.41. The Bertz CT molecular complexity index is 1180. The van der Waals surface area contributed by atoms with Crippen LogP contribution in [-0.2, 0) is 9.84 Å². The van der Waals surface area contributed by atoms with Crippen LogP contribution in [0.1, 0.15) is 32.6 Å². The number of benzene rings is 2. The summed E-state index contributed by atoms with van der Waals surface area (Å²) < 4.78 is 23.6. The maximum absolute atomic E-state index is 12.7. The quantitative estimate of drug-likeness (QED) is 0.671. The molecule has 1 heterocycles. The standard InChI is InChI=1S/C21H22N2O3S2/c1-12-6-7-16(28(5,25)26)10-18(12)20(24)23-21-22-19(11-27-21)17-9-14(3)13(2)8-15(17)4/h6-11H,1-5H3,(H,22,23,24). The number of aryl methyl sites for hydroxylation is 4. The Kier molecular flexibility index (Phi) is 5.41. The highest BCUT2D eigenvalue weighted by Crippen LogP contribution is 2.30. The van der Waals surface area contributed by atoms with Crippen LogP contribution in [0.3, 0.4) is 0 Å². The van der Waals surface area contributed by atoms with Gasteiger partial charge in [0, 0.05) is 22.8 Å². The Hall–Kier alpha value is -2.51. The summed E-state index contributed by atoms with van der Waals surface area (Å²) in [5.74, 6) is -0.374. The van der Waals surface area contributed by atoms with Gasteiger partial charge in [-0.2, -0.15) is 0 Å². The van der Waals surface area contributed by atoms with E-state index in [1.807, 2.05) is 12.3 Å². The van der Waals surface area contributed by atoms with Crippen molar-refractivity contribution in [1.82, 2.24) is 4.98 Å². The first-order chi connectivity index (χ1) is 13.1. The van der Waals surface area contributed by atoms with Gasteiger partial charge in [-0.15, -0.1) is 11.3 Å². The number of carbonyl (C=O) groups is 1. The highest BCUT2D eigenvalue weighted by Gasteiger charge is 2.16. The summed E-state index contributed by atoms with van der Waals surface area (Å²) in [7, 11) is -3.39. The summed E-state index contributed by atoms with van der Waals surface area (Å²) >= 11 is 1.34. The van der Waals surface area contributed by atoms with Gasteiger partial charge >= 0.3 is 0 Å². The van der Waals surface area contributed by atoms with Crippen LogP contribution in [-0.4, -0.2) is 25.6 Å². The summed E-state index contributed by atoms with van der Waals surface area (Å²) in [4.78, 5) is 17.4. The van der Waals surface area contributed by atoms with Crippen molar-refractivity contribution in [3.8, 4) is 11.3 Å². The fraction of sp³-hybridized carbons (Fsp3) is 0.238. The number of aromatic nitrogens is 1. The third-order valence-electron chi connectivity index (χ3n) is 4.72. The largest absolute Gasteiger partial charge is 0.298 e. The SMILES string of the molecule is Cc1cc(C)c(-c2csc(NC(=O)c3cc(S(C)(=O)=O)ccc3C)n2)cc1C. The second-order valence-electron chi connectivity index (χ2n) is 6.99. The molecule has 1 aromatic heterocycles. The number of nitrogens with one attached hydrogen (secondary N) is 1. The first-order valence-electron chi connectivity index (χ1n) is 8.72. The van der Waals surface area contributed by atoms with E-state index in [4.69, 9.17) is 0 Å². The Morgan fingerprint density at radius 3 is 2.32 bits per heavy atom. The molecular weight excluding hydrogens is 392 g/mol. The molecule has 146 valence electrons. The Morgan fingerprint density at radius 2 is 1.64 bits per heavy atom. The molecule has 0 radical (unpaired) electrons. The Balaban J connectivity index is 1.89. The van der Waals surface area contributed by atoms with E-state index in [2.05, 4.69) is 36.3 Å². The molecule has 3 rings (SSSR count). The summed E-state index contributed by atoms with van der Waals surface area (Å²) in [6.45, 7) is 7.95. The monoisotopic (exact) mass is 414 g/mol. The lowest BCUT2D eigenvalue weighted by Gasteiger charge is -2.08. The number of rotatable bonds is 4. The summed E-state index contributed by atoms with van der Waals surface area (Å²) in [6.07, 6.45) is 1.12. The number of nitrogens with zero attached hydrogens (tertiary/aromatic N) is 1. The molecule has 0 saturated carbocycles. The predicted octanol–water partition coefficient (Wildman–Crippen LogP) is 4.70. The number of anilines is 1. The molecule has 7 heteroatoms. The molecule has 3 aromatic rings. The van der Waals surface area contributed by atoms with Crippen molar-refractivity contribution < 1.29 is 13.2 Å². The van der Waals surface area contributed by atoms with Crippen LogP contribution < -0.4 is 5.32 Å². The normalized spacial score (nSPS) is 11.5. The van der Waals surface area contributed by atoms with Crippen LogP contribution in [0.4, 0.5) is 5.13 Å². The summed E-state index contributed by atoms with van der Waals surface area (Å²) in [6, 6.07) is 8.78. The van der Waals surface area contributed by atoms with Crippen molar-refractivity contribution in [1.29, 1.82) is 0 Å². The van der Waals surface area contributed by atoms with Gasteiger partial charge in [0.05, 0.1) is 10.6 Å². The fourth-order valence-electron chi connectivity index (χ4n) is 2.93. The number of sulfone groups is 1. The average Bonchev–Trinajstić information content (AvgIpc) is 3.05. The average molecular weight is 415 g/mol. The van der Waals surface area contributed by atoms with Gasteiger partial charge in [0.15, 0.2) is 15.0 Å². The smallest absolute Gasteiger partial charge is 0.257 e. The van der Waals surface area contributed by atoms with Crippen LogP contribution in [0, 0.1) is 27.7 Å². The van der Waals surface area contributed by atoms with E-state index in [0.29, 0.717) is 16.3 Å². The van der Waals surface area contributed by atoms with Gasteiger partial charge in [-0.05, 0) is 68.1 Å². The summed E-state index contributed by atoms with van der Waals surface area (Å²) in [5, 5.41) is 5.17. The lowest BCUT2D eigenvalue weighted by molar-refractivity contribution is 0.102. The number of carbonyl (C=O) groups excluding carboxylic acids is 1. The van der Waals surface area contributed by atoms with Gasteiger partial charge in [0.2, 0.25) is 0 Å². The van der Waals surface area contributed by atoms with Crippen molar-refractivity contribution in [3.63, 3.8) is 0 Å². The molecule has 0 saturated heterocycles. The van der Waals surface area contributed by atoms with Crippen LogP contribution in [0.5, 0.6) is 0 Å². The molecule has 1 N–H and O–H groups in total. The van der Waals surface area contributed by atoms with Crippen LogP contribution in [0.2, 0.25) is 0 Å². The molecule has 0 bridgehead atoms. The Labute approximate surface area is 169 Å². The molecule has 0 spiro atoms. The van der Waals surface area contributed by atoms with E-state index in [0.717, 1.165) is 23.1 Å². The molecule has 0 unspecified atom stereocenters. The first kappa shape index (κ1) is 20.2. The van der Waals surface area contributed by atoms with Crippen molar-refractivity contribution in [2.24, 2.45) is 0 Å². The zero-order valence-corrected chi connectivity index (χ0v) is 18.1. The molecule has 0 atom stereocenters. The number of hydrogen-bond donors (Lipinski definition) is 1. The minimum absolute atomic E-state index is 0.119. The Morgan fingerprint density at radius 1 is 0.964 bits per heavy atom. The van der Waals surface area contributed by atoms with Gasteiger partial charge in [-0.25, -0.2) is 13.4 Å². The van der Waals surface area contributed by atoms with Crippen LogP contribution in [0.15, 0.2) is 40.6 Å². The lowest BCUT2D eigenvalue weighted by atomic mass is 9.99. The lowest BCUT2D eigenvalue weighted by Crippen LogP contribution is -2.14. The first-order valence-corrected chi connectivity index (χ1v) is 11.5. The molecule has 1 amide bonds. The van der Waals surface area contributed by atoms with Gasteiger partial charge in [-0.1, -0.05) is 12.1 Å². The molecule has 0 aliphatic heterocycles. The van der Waals surface area contributed by atoms with Crippen molar-refractivity contribution >= 4 is 32.2 Å². The second-order valence-corrected chi connectivity index (χ2v) is 9.87. The van der Waals surface area contributed by atoms with Crippen molar-refractivity contribution in [3.05, 3.63) is 63.5 Å². The van der Waals surface area contributed by atoms with Gasteiger partial charge < -0.3 is 0 Å². The molecule has 5 nitrogen and oxygen atoms in total. The molecule has 0 aliphatic rings. The topological polar surface area (TPSA) is 76.1 Å². The van der Waals surface area contributed by atoms with E-state index in [1.165, 1.54) is 34.6 Å². The van der Waals surface area contributed by atoms with Crippen LogP contribution in [0.25, 0.3) is 11.3 Å². The van der Waals surface area contributed by atoms with Crippen molar-refractivity contribution in [2.75, 3.05) is 11.6 Å². The van der Waals surface area contributed by atoms with E-state index >= 15 is 0 Å². The zero-order chi connectivity index (χ0) is 20.6. The van der Waals surface area contributed by atoms with Crippen LogP contribution >= 0.6 is 11.3 Å². The molecular formula is C21H22N2O3S2. The molecule has 0 fully saturated rings. The number of thiazole rings is 1. The van der Waals surface area contributed by atoms with E-state index in [1.54, 1.807) is 13.0 Å².